The summed E-state index contributed by atoms with van der Waals surface area (Å²) in [6.07, 6.45) is 0. The largest absolute Gasteiger partial charge is 0.452 e. The summed E-state index contributed by atoms with van der Waals surface area (Å²) in [4.78, 5) is 38.7. The number of amides is 1. The molecule has 6 nitrogen and oxygen atoms in total. The summed E-state index contributed by atoms with van der Waals surface area (Å²) in [5, 5.41) is 13.2. The molecule has 30 heavy (non-hydrogen) atoms. The van der Waals surface area contributed by atoms with E-state index in [1.54, 1.807) is 60.0 Å². The van der Waals surface area contributed by atoms with E-state index in [1.165, 1.54) is 29.2 Å². The monoisotopic (exact) mass is 436 g/mol. The first-order valence-corrected chi connectivity index (χ1v) is 10.7. The Labute approximate surface area is 181 Å². The third-order valence-corrected chi connectivity index (χ3v) is 5.73. The maximum Gasteiger partial charge on any atom is 0.339 e. The van der Waals surface area contributed by atoms with Gasteiger partial charge >= 0.3 is 5.97 Å². The SMILES string of the molecule is N#CCSc1ccccc1NC(=O)COC(=O)c1ccccc1C(=O)c1cccs1. The Morgan fingerprint density at radius 3 is 2.47 bits per heavy atom. The molecule has 0 bridgehead atoms. The number of ether oxygens (including phenoxy) is 1. The van der Waals surface area contributed by atoms with E-state index in [9.17, 15) is 14.4 Å². The number of hydrogen-bond donors (Lipinski definition) is 1. The first kappa shape index (κ1) is 21.3. The number of thioether (sulfide) groups is 1. The highest BCUT2D eigenvalue weighted by molar-refractivity contribution is 7.99. The van der Waals surface area contributed by atoms with Crippen LogP contribution in [0.1, 0.15) is 25.6 Å². The van der Waals surface area contributed by atoms with Crippen LogP contribution < -0.4 is 5.32 Å². The van der Waals surface area contributed by atoms with Gasteiger partial charge in [-0.05, 0) is 29.6 Å². The Balaban J connectivity index is 1.65. The van der Waals surface area contributed by atoms with E-state index in [2.05, 4.69) is 5.32 Å². The predicted octanol–water partition coefficient (Wildman–Crippen LogP) is 4.39. The van der Waals surface area contributed by atoms with Crippen LogP contribution in [-0.2, 0) is 9.53 Å². The average Bonchev–Trinajstić information content (AvgIpc) is 3.31. The molecule has 0 atom stereocenters. The Bertz CT molecular complexity index is 1100. The van der Waals surface area contributed by atoms with Gasteiger partial charge in [-0.15, -0.1) is 23.1 Å². The molecule has 0 aliphatic carbocycles. The zero-order valence-electron chi connectivity index (χ0n) is 15.7. The number of rotatable bonds is 8. The fraction of sp³-hybridized carbons (Fsp3) is 0.0909. The number of carbonyl (C=O) groups is 3. The normalized spacial score (nSPS) is 10.1. The molecule has 3 aromatic rings. The number of esters is 1. The van der Waals surface area contributed by atoms with Gasteiger partial charge < -0.3 is 10.1 Å². The first-order valence-electron chi connectivity index (χ1n) is 8.83. The highest BCUT2D eigenvalue weighted by Crippen LogP contribution is 2.26. The lowest BCUT2D eigenvalue weighted by atomic mass is 10.0. The number of nitrogens with zero attached hydrogens (tertiary/aromatic N) is 1. The maximum atomic E-state index is 12.6. The Morgan fingerprint density at radius 1 is 1.00 bits per heavy atom. The van der Waals surface area contributed by atoms with Crippen LogP contribution in [0.5, 0.6) is 0 Å². The fourth-order valence-corrected chi connectivity index (χ4v) is 3.95. The summed E-state index contributed by atoms with van der Waals surface area (Å²) < 4.78 is 5.13. The molecule has 0 aliphatic rings. The van der Waals surface area contributed by atoms with Gasteiger partial charge in [-0.25, -0.2) is 4.79 Å². The summed E-state index contributed by atoms with van der Waals surface area (Å²) in [5.74, 6) is -1.30. The third kappa shape index (κ3) is 5.35. The number of para-hydroxylation sites is 1. The maximum absolute atomic E-state index is 12.6. The zero-order valence-corrected chi connectivity index (χ0v) is 17.3. The highest BCUT2D eigenvalue weighted by atomic mass is 32.2. The van der Waals surface area contributed by atoms with Crippen LogP contribution in [0, 0.1) is 11.3 Å². The highest BCUT2D eigenvalue weighted by Gasteiger charge is 2.20. The van der Waals surface area contributed by atoms with Crippen molar-refractivity contribution in [1.82, 2.24) is 0 Å². The van der Waals surface area contributed by atoms with Crippen LogP contribution in [0.15, 0.2) is 70.9 Å². The van der Waals surface area contributed by atoms with E-state index in [0.717, 1.165) is 4.90 Å². The second kappa shape index (κ2) is 10.4. The van der Waals surface area contributed by atoms with E-state index < -0.39 is 18.5 Å². The van der Waals surface area contributed by atoms with Gasteiger partial charge in [-0.1, -0.05) is 36.4 Å². The number of ketones is 1. The topological polar surface area (TPSA) is 96.3 Å². The van der Waals surface area contributed by atoms with E-state index in [4.69, 9.17) is 10.00 Å². The number of nitrogens with one attached hydrogen (secondary N) is 1. The molecular formula is C22H16N2O4S2. The molecule has 1 heterocycles. The van der Waals surface area contributed by atoms with Crippen molar-refractivity contribution in [1.29, 1.82) is 5.26 Å². The summed E-state index contributed by atoms with van der Waals surface area (Å²) in [7, 11) is 0. The second-order valence-electron chi connectivity index (χ2n) is 5.92. The Kier molecular flexibility index (Phi) is 7.38. The molecule has 0 fully saturated rings. The molecule has 0 saturated heterocycles. The summed E-state index contributed by atoms with van der Waals surface area (Å²) in [6.45, 7) is -0.502. The molecule has 2 aromatic carbocycles. The summed E-state index contributed by atoms with van der Waals surface area (Å²) in [5.41, 5.74) is 0.865. The van der Waals surface area contributed by atoms with Crippen LogP contribution in [-0.4, -0.2) is 30.0 Å². The van der Waals surface area contributed by atoms with Crippen molar-refractivity contribution >= 4 is 46.4 Å². The van der Waals surface area contributed by atoms with Crippen LogP contribution >= 0.6 is 23.1 Å². The Hall–Kier alpha value is -3.41. The number of carbonyl (C=O) groups excluding carboxylic acids is 3. The number of thiophene rings is 1. The van der Waals surface area contributed by atoms with Gasteiger partial charge in [0.1, 0.15) is 0 Å². The standard InChI is InChI=1S/C22H16N2O4S2/c23-11-13-30-18-9-4-3-8-17(18)24-20(25)14-28-22(27)16-7-2-1-6-15(16)21(26)19-10-5-12-29-19/h1-10,12H,13-14H2,(H,24,25). The predicted molar refractivity (Wildman–Crippen MR) is 116 cm³/mol. The second-order valence-corrected chi connectivity index (χ2v) is 7.88. The van der Waals surface area contributed by atoms with E-state index in [0.29, 0.717) is 10.6 Å². The van der Waals surface area contributed by atoms with Crippen molar-refractivity contribution in [3.63, 3.8) is 0 Å². The van der Waals surface area contributed by atoms with Crippen LogP contribution in [0.4, 0.5) is 5.69 Å². The first-order chi connectivity index (χ1) is 14.6. The van der Waals surface area contributed by atoms with Crippen molar-refractivity contribution in [3.05, 3.63) is 82.0 Å². The molecule has 1 N–H and O–H groups in total. The number of hydrogen-bond acceptors (Lipinski definition) is 7. The molecule has 1 aromatic heterocycles. The van der Waals surface area contributed by atoms with Crippen LogP contribution in [0.2, 0.25) is 0 Å². The molecule has 150 valence electrons. The molecule has 8 heteroatoms. The van der Waals surface area contributed by atoms with Gasteiger partial charge in [0.2, 0.25) is 5.78 Å². The van der Waals surface area contributed by atoms with Crippen molar-refractivity contribution in [2.45, 2.75) is 4.90 Å². The minimum Gasteiger partial charge on any atom is -0.452 e. The smallest absolute Gasteiger partial charge is 0.339 e. The van der Waals surface area contributed by atoms with Gasteiger partial charge in [0.15, 0.2) is 6.61 Å². The molecule has 0 aliphatic heterocycles. The Morgan fingerprint density at radius 2 is 1.73 bits per heavy atom. The van der Waals surface area contributed by atoms with Crippen molar-refractivity contribution in [3.8, 4) is 6.07 Å². The molecule has 0 unspecified atom stereocenters. The average molecular weight is 437 g/mol. The molecule has 3 rings (SSSR count). The van der Waals surface area contributed by atoms with Crippen molar-refractivity contribution in [2.75, 3.05) is 17.7 Å². The molecule has 1 amide bonds. The third-order valence-electron chi connectivity index (χ3n) is 3.92. The van der Waals surface area contributed by atoms with Crippen LogP contribution in [0.25, 0.3) is 0 Å². The van der Waals surface area contributed by atoms with Gasteiger partial charge in [0, 0.05) is 10.5 Å². The molecular weight excluding hydrogens is 420 g/mol. The minimum absolute atomic E-state index is 0.105. The minimum atomic E-state index is -0.752. The number of anilines is 1. The van der Waals surface area contributed by atoms with Crippen LogP contribution in [0.3, 0.4) is 0 Å². The summed E-state index contributed by atoms with van der Waals surface area (Å²) >= 11 is 2.58. The van der Waals surface area contributed by atoms with E-state index >= 15 is 0 Å². The fourth-order valence-electron chi connectivity index (χ4n) is 2.60. The quantitative estimate of drug-likeness (QED) is 0.320. The molecule has 0 saturated carbocycles. The van der Waals surface area contributed by atoms with Gasteiger partial charge in [-0.3, -0.25) is 9.59 Å². The molecule has 0 spiro atoms. The lowest BCUT2D eigenvalue weighted by Crippen LogP contribution is -2.22. The van der Waals surface area contributed by atoms with E-state index in [-0.39, 0.29) is 22.7 Å². The number of benzene rings is 2. The van der Waals surface area contributed by atoms with Crippen molar-refractivity contribution < 1.29 is 19.1 Å². The molecule has 0 radical (unpaired) electrons. The lowest BCUT2D eigenvalue weighted by molar-refractivity contribution is -0.119. The van der Waals surface area contributed by atoms with Gasteiger partial charge in [0.05, 0.1) is 28.0 Å². The van der Waals surface area contributed by atoms with Gasteiger partial charge in [0.25, 0.3) is 5.91 Å². The number of nitriles is 1. The lowest BCUT2D eigenvalue weighted by Gasteiger charge is -2.11. The van der Waals surface area contributed by atoms with Crippen molar-refractivity contribution in [2.24, 2.45) is 0 Å². The van der Waals surface area contributed by atoms with E-state index in [1.807, 2.05) is 6.07 Å². The summed E-state index contributed by atoms with van der Waals surface area (Å²) in [6, 6.07) is 18.9. The zero-order chi connectivity index (χ0) is 21.3. The van der Waals surface area contributed by atoms with Gasteiger partial charge in [-0.2, -0.15) is 5.26 Å².